The highest BCUT2D eigenvalue weighted by atomic mass is 16.2. The third-order valence-electron chi connectivity index (χ3n) is 4.51. The summed E-state index contributed by atoms with van der Waals surface area (Å²) in [5.74, 6) is -0.981. The van der Waals surface area contributed by atoms with E-state index in [2.05, 4.69) is 22.9 Å². The molecule has 1 aromatic rings. The number of carbonyl (C=O) groups excluding carboxylic acids is 3. The largest absolute Gasteiger partial charge is 0.366 e. The van der Waals surface area contributed by atoms with Crippen LogP contribution >= 0.6 is 0 Å². The number of benzene rings is 1. The van der Waals surface area contributed by atoms with Crippen molar-refractivity contribution in [3.05, 3.63) is 47.5 Å². The number of hydrogen-bond acceptors (Lipinski definition) is 3. The number of nitrogens with two attached hydrogens (primary N) is 1. The summed E-state index contributed by atoms with van der Waals surface area (Å²) < 4.78 is 0. The minimum absolute atomic E-state index is 0.302. The van der Waals surface area contributed by atoms with Crippen molar-refractivity contribution in [1.29, 1.82) is 0 Å². The van der Waals surface area contributed by atoms with Gasteiger partial charge in [0.25, 0.3) is 0 Å². The van der Waals surface area contributed by atoms with Crippen molar-refractivity contribution in [2.24, 2.45) is 5.73 Å². The van der Waals surface area contributed by atoms with Gasteiger partial charge in [0.2, 0.25) is 11.8 Å². The molecule has 0 aliphatic heterocycles. The maximum Gasteiger partial charge on any atom is 0.315 e. The molecule has 0 fully saturated rings. The molecule has 7 heteroatoms. The fraction of sp³-hybridized carbons (Fsp3) is 0.500. The maximum absolute atomic E-state index is 12.6. The van der Waals surface area contributed by atoms with Gasteiger partial charge in [0.15, 0.2) is 0 Å². The van der Waals surface area contributed by atoms with Crippen molar-refractivity contribution in [1.82, 2.24) is 16.0 Å². The number of amides is 4. The van der Waals surface area contributed by atoms with Crippen LogP contribution in [0, 0.1) is 0 Å². The summed E-state index contributed by atoms with van der Waals surface area (Å²) in [6, 6.07) is 8.37. The topological polar surface area (TPSA) is 113 Å². The van der Waals surface area contributed by atoms with E-state index in [1.54, 1.807) is 6.92 Å². The number of primary amides is 1. The standard InChI is InChI=1S/C22H34N4O3/c1-3-5-6-10-14-25-22(29)26-19(16-18(4-2)20(23)27)21(28)24-15-13-17-11-8-7-9-12-17/h7-9,11-12,16,19H,3-6,10,13-15H2,1-2H3,(H2,23,27)(H,24,28)(H2,25,26,29)/b18-16+. The monoisotopic (exact) mass is 402 g/mol. The first kappa shape index (κ1) is 24.2. The van der Waals surface area contributed by atoms with E-state index in [1.807, 2.05) is 30.3 Å². The Balaban J connectivity index is 2.65. The van der Waals surface area contributed by atoms with Crippen LogP contribution < -0.4 is 21.7 Å². The first-order chi connectivity index (χ1) is 14.0. The highest BCUT2D eigenvalue weighted by molar-refractivity contribution is 5.95. The van der Waals surface area contributed by atoms with Gasteiger partial charge in [-0.25, -0.2) is 4.79 Å². The summed E-state index contributed by atoms with van der Waals surface area (Å²) in [5, 5.41) is 8.19. The lowest BCUT2D eigenvalue weighted by Gasteiger charge is -2.17. The van der Waals surface area contributed by atoms with Crippen LogP contribution in [0.2, 0.25) is 0 Å². The minimum Gasteiger partial charge on any atom is -0.366 e. The molecule has 1 aromatic carbocycles. The molecule has 0 heterocycles. The second-order valence-electron chi connectivity index (χ2n) is 6.87. The van der Waals surface area contributed by atoms with Crippen molar-refractivity contribution in [3.8, 4) is 0 Å². The van der Waals surface area contributed by atoms with Crippen LogP contribution in [0.3, 0.4) is 0 Å². The van der Waals surface area contributed by atoms with E-state index in [1.165, 1.54) is 6.08 Å². The zero-order valence-corrected chi connectivity index (χ0v) is 17.5. The van der Waals surface area contributed by atoms with Crippen LogP contribution in [0.15, 0.2) is 42.0 Å². The van der Waals surface area contributed by atoms with E-state index < -0.39 is 18.0 Å². The van der Waals surface area contributed by atoms with Gasteiger partial charge in [-0.3, -0.25) is 9.59 Å². The van der Waals surface area contributed by atoms with Crippen molar-refractivity contribution in [3.63, 3.8) is 0 Å². The van der Waals surface area contributed by atoms with Crippen molar-refractivity contribution in [2.75, 3.05) is 13.1 Å². The summed E-state index contributed by atoms with van der Waals surface area (Å²) in [6.45, 7) is 4.85. The highest BCUT2D eigenvalue weighted by Gasteiger charge is 2.20. The van der Waals surface area contributed by atoms with Crippen LogP contribution in [0.4, 0.5) is 4.79 Å². The summed E-state index contributed by atoms with van der Waals surface area (Å²) in [6.07, 6.45) is 6.64. The lowest BCUT2D eigenvalue weighted by atomic mass is 10.1. The fourth-order valence-corrected chi connectivity index (χ4v) is 2.79. The second kappa shape index (κ2) is 14.2. The first-order valence-corrected chi connectivity index (χ1v) is 10.3. The zero-order valence-electron chi connectivity index (χ0n) is 17.5. The number of rotatable bonds is 13. The molecule has 4 amide bonds. The first-order valence-electron chi connectivity index (χ1n) is 10.3. The van der Waals surface area contributed by atoms with Gasteiger partial charge in [0.1, 0.15) is 6.04 Å². The van der Waals surface area contributed by atoms with Crippen LogP contribution in [0.1, 0.15) is 51.5 Å². The van der Waals surface area contributed by atoms with E-state index in [9.17, 15) is 14.4 Å². The number of unbranched alkanes of at least 4 members (excludes halogenated alkanes) is 3. The molecular weight excluding hydrogens is 368 g/mol. The molecule has 0 saturated heterocycles. The number of hydrogen-bond donors (Lipinski definition) is 4. The lowest BCUT2D eigenvalue weighted by Crippen LogP contribution is -2.50. The Bertz CT molecular complexity index is 674. The Morgan fingerprint density at radius 2 is 1.72 bits per heavy atom. The van der Waals surface area contributed by atoms with Gasteiger partial charge in [-0.1, -0.05) is 63.4 Å². The van der Waals surface area contributed by atoms with E-state index >= 15 is 0 Å². The van der Waals surface area contributed by atoms with Gasteiger partial charge in [0, 0.05) is 18.7 Å². The van der Waals surface area contributed by atoms with Gasteiger partial charge in [-0.2, -0.15) is 0 Å². The van der Waals surface area contributed by atoms with Crippen molar-refractivity contribution < 1.29 is 14.4 Å². The zero-order chi connectivity index (χ0) is 21.5. The predicted octanol–water partition coefficient (Wildman–Crippen LogP) is 2.42. The summed E-state index contributed by atoms with van der Waals surface area (Å²) in [4.78, 5) is 36.3. The van der Waals surface area contributed by atoms with Gasteiger partial charge < -0.3 is 21.7 Å². The predicted molar refractivity (Wildman–Crippen MR) is 115 cm³/mol. The smallest absolute Gasteiger partial charge is 0.315 e. The third-order valence-corrected chi connectivity index (χ3v) is 4.51. The molecule has 1 atom stereocenters. The molecule has 29 heavy (non-hydrogen) atoms. The van der Waals surface area contributed by atoms with Crippen LogP contribution in [0.5, 0.6) is 0 Å². The van der Waals surface area contributed by atoms with Crippen LogP contribution in [-0.2, 0) is 16.0 Å². The summed E-state index contributed by atoms with van der Waals surface area (Å²) >= 11 is 0. The Kier molecular flexibility index (Phi) is 11.9. The normalized spacial score (nSPS) is 12.1. The Morgan fingerprint density at radius 1 is 1.00 bits per heavy atom. The molecule has 1 unspecified atom stereocenters. The molecule has 0 saturated carbocycles. The lowest BCUT2D eigenvalue weighted by molar-refractivity contribution is -0.121. The van der Waals surface area contributed by atoms with Gasteiger partial charge >= 0.3 is 6.03 Å². The SMILES string of the molecule is CCCCCCNC(=O)NC(/C=C(\CC)C(N)=O)C(=O)NCCc1ccccc1. The fourth-order valence-electron chi connectivity index (χ4n) is 2.79. The summed E-state index contributed by atoms with van der Waals surface area (Å²) in [7, 11) is 0. The van der Waals surface area contributed by atoms with Crippen molar-refractivity contribution in [2.45, 2.75) is 58.4 Å². The average Bonchev–Trinajstić information content (AvgIpc) is 2.71. The Morgan fingerprint density at radius 3 is 2.34 bits per heavy atom. The maximum atomic E-state index is 12.6. The Hall–Kier alpha value is -2.83. The Labute approximate surface area is 173 Å². The molecule has 5 N–H and O–H groups in total. The molecule has 0 radical (unpaired) electrons. The molecular formula is C22H34N4O3. The van der Waals surface area contributed by atoms with Gasteiger partial charge in [0.05, 0.1) is 0 Å². The minimum atomic E-state index is -0.969. The molecule has 7 nitrogen and oxygen atoms in total. The van der Waals surface area contributed by atoms with Crippen LogP contribution in [0.25, 0.3) is 0 Å². The van der Waals surface area contributed by atoms with E-state index in [0.717, 1.165) is 31.2 Å². The summed E-state index contributed by atoms with van der Waals surface area (Å²) in [5.41, 5.74) is 6.77. The highest BCUT2D eigenvalue weighted by Crippen LogP contribution is 2.03. The molecule has 0 aromatic heterocycles. The molecule has 0 aliphatic carbocycles. The average molecular weight is 403 g/mol. The van der Waals surface area contributed by atoms with E-state index in [4.69, 9.17) is 5.73 Å². The quantitative estimate of drug-likeness (QED) is 0.300. The number of urea groups is 1. The van der Waals surface area contributed by atoms with E-state index in [-0.39, 0.29) is 5.91 Å². The third kappa shape index (κ3) is 10.3. The van der Waals surface area contributed by atoms with Gasteiger partial charge in [-0.05, 0) is 30.9 Å². The molecule has 0 bridgehead atoms. The number of nitrogens with one attached hydrogen (secondary N) is 3. The number of carbonyl (C=O) groups is 3. The van der Waals surface area contributed by atoms with E-state index in [0.29, 0.717) is 31.5 Å². The molecule has 1 rings (SSSR count). The molecule has 160 valence electrons. The van der Waals surface area contributed by atoms with Crippen molar-refractivity contribution >= 4 is 17.8 Å². The van der Waals surface area contributed by atoms with Gasteiger partial charge in [-0.15, -0.1) is 0 Å². The molecule has 0 spiro atoms. The second-order valence-corrected chi connectivity index (χ2v) is 6.87. The molecule has 0 aliphatic rings. The van der Waals surface area contributed by atoms with Crippen LogP contribution in [-0.4, -0.2) is 37.0 Å².